The molecule has 9 aromatic rings. The summed E-state index contributed by atoms with van der Waals surface area (Å²) in [5.74, 6) is 0.311. The number of nitrogens with zero attached hydrogens (tertiary/aromatic N) is 8. The molecule has 0 unspecified atom stereocenters. The van der Waals surface area contributed by atoms with Gasteiger partial charge in [-0.15, -0.1) is 0 Å². The van der Waals surface area contributed by atoms with E-state index in [9.17, 15) is 9.90 Å². The van der Waals surface area contributed by atoms with Crippen molar-refractivity contribution in [1.82, 2.24) is 39.4 Å². The Morgan fingerprint density at radius 3 is 1.56 bits per heavy atom. The van der Waals surface area contributed by atoms with E-state index < -0.39 is 5.97 Å². The maximum atomic E-state index is 13.5. The molecule has 1 aromatic carbocycles. The number of aryl methyl sites for hydroxylation is 6. The lowest BCUT2D eigenvalue weighted by Gasteiger charge is -2.17. The Hall–Kier alpha value is -7.21. The summed E-state index contributed by atoms with van der Waals surface area (Å²) in [5.41, 5.74) is 13.7. The fourth-order valence-corrected chi connectivity index (χ4v) is 8.40. The molecule has 0 radical (unpaired) electrons. The Labute approximate surface area is 327 Å². The summed E-state index contributed by atoms with van der Waals surface area (Å²) in [6.07, 6.45) is 7.16. The minimum absolute atomic E-state index is 0.119. The molecule has 1 N–H and O–H groups in total. The van der Waals surface area contributed by atoms with E-state index in [1.165, 1.54) is 0 Å². The summed E-state index contributed by atoms with van der Waals surface area (Å²) >= 11 is 0. The fourth-order valence-electron chi connectivity index (χ4n) is 8.40. The van der Waals surface area contributed by atoms with E-state index >= 15 is 0 Å². The van der Waals surface area contributed by atoms with Crippen LogP contribution in [0.3, 0.4) is 0 Å². The zero-order chi connectivity index (χ0) is 39.5. The quantitative estimate of drug-likeness (QED) is 0.151. The number of benzene rings is 1. The summed E-state index contributed by atoms with van der Waals surface area (Å²) < 4.78 is 15.5. The molecule has 282 valence electrons. The van der Waals surface area contributed by atoms with E-state index in [2.05, 4.69) is 45.4 Å². The number of hydrogen-bond donors (Lipinski definition) is 1. The first-order chi connectivity index (χ1) is 27.7. The van der Waals surface area contributed by atoms with Crippen LogP contribution in [-0.4, -0.2) is 50.5 Å². The van der Waals surface area contributed by atoms with E-state index in [1.54, 1.807) is 24.5 Å². The van der Waals surface area contributed by atoms with Crippen molar-refractivity contribution in [1.29, 1.82) is 0 Å². The average Bonchev–Trinajstić information content (AvgIpc) is 3.96. The van der Waals surface area contributed by atoms with Gasteiger partial charge >= 0.3 is 5.97 Å². The van der Waals surface area contributed by atoms with Crippen LogP contribution in [0.4, 0.5) is 0 Å². The molecule has 0 bridgehead atoms. The van der Waals surface area contributed by atoms with E-state index in [4.69, 9.17) is 29.0 Å². The third kappa shape index (κ3) is 5.55. The Kier molecular flexibility index (Phi) is 8.61. The minimum Gasteiger partial charge on any atom is -0.478 e. The van der Waals surface area contributed by atoms with Crippen LogP contribution in [0, 0.1) is 27.7 Å². The molecule has 0 amide bonds. The monoisotopic (exact) mass is 754 g/mol. The standard InChI is InChI=1S/C45H38N8O4/c1-7-52-34-20-28(36-24(3)50-56-26(36)5)22-48-41(34)39(43(52)32-16-9-11-18-46-32)30-14-13-15-31(45(54)55)38(30)40-42-35(53(8-2)44(40)33-17-10-12-19-47-33)21-29(23-49-42)37-25(4)51-57-27(37)6/h9-23H,7-8H2,1-6H3,(H,54,55). The average molecular weight is 755 g/mol. The molecular formula is C45H38N8O4. The molecule has 9 rings (SSSR count). The van der Waals surface area contributed by atoms with Gasteiger partial charge in [0.05, 0.1) is 61.8 Å². The first kappa shape index (κ1) is 35.5. The third-order valence-corrected chi connectivity index (χ3v) is 10.7. The van der Waals surface area contributed by atoms with Crippen molar-refractivity contribution >= 4 is 28.0 Å². The molecule has 12 heteroatoms. The fraction of sp³-hybridized carbons (Fsp3) is 0.178. The molecule has 0 saturated carbocycles. The second-order valence-corrected chi connectivity index (χ2v) is 14.0. The number of pyridine rings is 4. The molecule has 0 atom stereocenters. The van der Waals surface area contributed by atoms with Crippen molar-refractivity contribution in [2.24, 2.45) is 0 Å². The highest BCUT2D eigenvalue weighted by molar-refractivity contribution is 6.15. The molecule has 0 aliphatic carbocycles. The van der Waals surface area contributed by atoms with Gasteiger partial charge in [0.1, 0.15) is 11.5 Å². The number of rotatable bonds is 9. The number of carboxylic acids is 1. The van der Waals surface area contributed by atoms with Crippen LogP contribution >= 0.6 is 0 Å². The molecule has 0 fully saturated rings. The second kappa shape index (κ2) is 13.8. The van der Waals surface area contributed by atoms with Crippen LogP contribution in [0.5, 0.6) is 0 Å². The summed E-state index contributed by atoms with van der Waals surface area (Å²) in [7, 11) is 0. The number of carboxylic acid groups (broad SMARTS) is 1. The predicted molar refractivity (Wildman–Crippen MR) is 219 cm³/mol. The Morgan fingerprint density at radius 1 is 0.614 bits per heavy atom. The molecule has 8 aromatic heterocycles. The van der Waals surface area contributed by atoms with Gasteiger partial charge in [-0.2, -0.15) is 0 Å². The van der Waals surface area contributed by atoms with Crippen LogP contribution < -0.4 is 0 Å². The van der Waals surface area contributed by atoms with Crippen LogP contribution in [0.25, 0.3) is 89.4 Å². The van der Waals surface area contributed by atoms with Gasteiger partial charge in [0.15, 0.2) is 0 Å². The smallest absolute Gasteiger partial charge is 0.336 e. The third-order valence-electron chi connectivity index (χ3n) is 10.7. The van der Waals surface area contributed by atoms with E-state index in [1.807, 2.05) is 82.6 Å². The lowest BCUT2D eigenvalue weighted by atomic mass is 9.88. The maximum absolute atomic E-state index is 13.5. The van der Waals surface area contributed by atoms with Gasteiger partial charge in [-0.3, -0.25) is 19.9 Å². The van der Waals surface area contributed by atoms with Crippen molar-refractivity contribution in [3.8, 4) is 67.3 Å². The van der Waals surface area contributed by atoms with Crippen molar-refractivity contribution in [2.45, 2.75) is 54.6 Å². The minimum atomic E-state index is -1.07. The zero-order valence-corrected chi connectivity index (χ0v) is 32.3. The van der Waals surface area contributed by atoms with Gasteiger partial charge < -0.3 is 23.3 Å². The van der Waals surface area contributed by atoms with Gasteiger partial charge in [0.25, 0.3) is 0 Å². The number of aromatic nitrogens is 8. The van der Waals surface area contributed by atoms with E-state index in [0.717, 1.165) is 67.3 Å². The molecule has 57 heavy (non-hydrogen) atoms. The lowest BCUT2D eigenvalue weighted by molar-refractivity contribution is 0.0697. The van der Waals surface area contributed by atoms with Crippen molar-refractivity contribution in [3.05, 3.63) is 120 Å². The predicted octanol–water partition coefficient (Wildman–Crippen LogP) is 10.1. The number of aromatic carboxylic acids is 1. The highest BCUT2D eigenvalue weighted by Gasteiger charge is 2.32. The Bertz CT molecular complexity index is 2970. The van der Waals surface area contributed by atoms with Gasteiger partial charge in [0.2, 0.25) is 0 Å². The summed E-state index contributed by atoms with van der Waals surface area (Å²) in [6, 6.07) is 21.2. The van der Waals surface area contributed by atoms with E-state index in [0.29, 0.717) is 58.0 Å². The van der Waals surface area contributed by atoms with Crippen LogP contribution in [0.2, 0.25) is 0 Å². The van der Waals surface area contributed by atoms with Gasteiger partial charge in [0, 0.05) is 76.8 Å². The molecule has 0 saturated heterocycles. The van der Waals surface area contributed by atoms with Crippen LogP contribution in [0.1, 0.15) is 47.1 Å². The second-order valence-electron chi connectivity index (χ2n) is 14.0. The van der Waals surface area contributed by atoms with E-state index in [-0.39, 0.29) is 5.56 Å². The number of fused-ring (bicyclic) bond motifs is 2. The summed E-state index contributed by atoms with van der Waals surface area (Å²) in [6.45, 7) is 12.9. The molecule has 0 aliphatic rings. The molecule has 12 nitrogen and oxygen atoms in total. The summed E-state index contributed by atoms with van der Waals surface area (Å²) in [4.78, 5) is 33.5. The normalized spacial score (nSPS) is 11.6. The zero-order valence-electron chi connectivity index (χ0n) is 32.3. The van der Waals surface area contributed by atoms with Crippen molar-refractivity contribution in [2.75, 3.05) is 0 Å². The van der Waals surface area contributed by atoms with Gasteiger partial charge in [-0.1, -0.05) is 34.6 Å². The van der Waals surface area contributed by atoms with Crippen LogP contribution in [0.15, 0.2) is 101 Å². The molecular weight excluding hydrogens is 717 g/mol. The van der Waals surface area contributed by atoms with Crippen LogP contribution in [-0.2, 0) is 13.1 Å². The Balaban J connectivity index is 1.44. The highest BCUT2D eigenvalue weighted by atomic mass is 16.5. The maximum Gasteiger partial charge on any atom is 0.336 e. The first-order valence-electron chi connectivity index (χ1n) is 18.8. The van der Waals surface area contributed by atoms with Gasteiger partial charge in [-0.05, 0) is 89.6 Å². The SMILES string of the molecule is CCn1c(-c2ccccn2)c(-c2cccc(C(=O)O)c2-c2c(-c3ccccn3)n(CC)c3cc(-c4c(C)noc4C)cnc23)c2ncc(-c3c(C)noc3C)cc21. The van der Waals surface area contributed by atoms with Crippen molar-refractivity contribution in [3.63, 3.8) is 0 Å². The molecule has 0 aliphatic heterocycles. The summed E-state index contributed by atoms with van der Waals surface area (Å²) in [5, 5.41) is 19.5. The first-order valence-corrected chi connectivity index (χ1v) is 18.8. The van der Waals surface area contributed by atoms with Gasteiger partial charge in [-0.25, -0.2) is 4.79 Å². The largest absolute Gasteiger partial charge is 0.478 e. The Morgan fingerprint density at radius 2 is 1.12 bits per heavy atom. The lowest BCUT2D eigenvalue weighted by Crippen LogP contribution is -2.04. The number of carbonyl (C=O) groups is 1. The molecule has 0 spiro atoms. The number of hydrogen-bond acceptors (Lipinski definition) is 9. The topological polar surface area (TPSA) is 151 Å². The molecule has 8 heterocycles. The van der Waals surface area contributed by atoms with Crippen molar-refractivity contribution < 1.29 is 18.9 Å². The highest BCUT2D eigenvalue weighted by Crippen LogP contribution is 2.50.